The van der Waals surface area contributed by atoms with Crippen LogP contribution in [0.15, 0.2) is 30.3 Å². The van der Waals surface area contributed by atoms with Crippen molar-refractivity contribution in [3.05, 3.63) is 35.9 Å². The van der Waals surface area contributed by atoms with Gasteiger partial charge in [-0.15, -0.1) is 0 Å². The number of carbonyl (C=O) groups is 1. The lowest BCUT2D eigenvalue weighted by Crippen LogP contribution is -2.52. The van der Waals surface area contributed by atoms with Gasteiger partial charge in [0, 0.05) is 32.2 Å². The number of aliphatic carboxylic acids is 1. The molecule has 2 rings (SSSR count). The largest absolute Gasteiger partial charge is 0.481 e. The van der Waals surface area contributed by atoms with Crippen LogP contribution in [0.2, 0.25) is 0 Å². The van der Waals surface area contributed by atoms with E-state index in [2.05, 4.69) is 22.3 Å². The molecule has 0 unspecified atom stereocenters. The third-order valence-corrected chi connectivity index (χ3v) is 3.40. The fraction of sp³-hybridized carbons (Fsp3) is 0.500. The van der Waals surface area contributed by atoms with Gasteiger partial charge < -0.3 is 10.4 Å². The summed E-state index contributed by atoms with van der Waals surface area (Å²) < 4.78 is 0. The monoisotopic (exact) mass is 248 g/mol. The number of nitrogens with zero attached hydrogens (tertiary/aromatic N) is 1. The molecule has 98 valence electrons. The summed E-state index contributed by atoms with van der Waals surface area (Å²) in [7, 11) is 0. The molecule has 1 aliphatic rings. The zero-order valence-corrected chi connectivity index (χ0v) is 10.5. The molecular weight excluding hydrogens is 228 g/mol. The number of rotatable bonds is 5. The molecule has 18 heavy (non-hydrogen) atoms. The van der Waals surface area contributed by atoms with E-state index >= 15 is 0 Å². The highest BCUT2D eigenvalue weighted by molar-refractivity contribution is 5.66. The van der Waals surface area contributed by atoms with Crippen molar-refractivity contribution in [2.24, 2.45) is 0 Å². The first kappa shape index (κ1) is 13.1. The van der Waals surface area contributed by atoms with Crippen molar-refractivity contribution in [2.45, 2.75) is 18.9 Å². The summed E-state index contributed by atoms with van der Waals surface area (Å²) in [6.07, 6.45) is 1.21. The van der Waals surface area contributed by atoms with Crippen LogP contribution in [0.1, 0.15) is 12.0 Å². The van der Waals surface area contributed by atoms with Gasteiger partial charge in [0.25, 0.3) is 0 Å². The van der Waals surface area contributed by atoms with E-state index < -0.39 is 5.97 Å². The highest BCUT2D eigenvalue weighted by Gasteiger charge is 2.22. The van der Waals surface area contributed by atoms with Crippen LogP contribution < -0.4 is 5.32 Å². The lowest BCUT2D eigenvalue weighted by Gasteiger charge is -2.36. The highest BCUT2D eigenvalue weighted by Crippen LogP contribution is 2.11. The van der Waals surface area contributed by atoms with E-state index in [1.54, 1.807) is 0 Å². The number of hydrogen-bond acceptors (Lipinski definition) is 3. The van der Waals surface area contributed by atoms with Crippen LogP contribution in [0.25, 0.3) is 0 Å². The maximum Gasteiger partial charge on any atom is 0.304 e. The lowest BCUT2D eigenvalue weighted by molar-refractivity contribution is -0.137. The molecule has 0 radical (unpaired) electrons. The molecule has 1 aromatic carbocycles. The molecule has 2 N–H and O–H groups in total. The van der Waals surface area contributed by atoms with E-state index in [1.807, 2.05) is 18.2 Å². The highest BCUT2D eigenvalue weighted by atomic mass is 16.4. The second-order valence-electron chi connectivity index (χ2n) is 4.73. The average Bonchev–Trinajstić information content (AvgIpc) is 2.39. The van der Waals surface area contributed by atoms with Gasteiger partial charge in [-0.05, 0) is 12.0 Å². The maximum absolute atomic E-state index is 10.7. The maximum atomic E-state index is 10.7. The third kappa shape index (κ3) is 3.82. The van der Waals surface area contributed by atoms with Crippen LogP contribution in [-0.2, 0) is 11.2 Å². The molecule has 4 heteroatoms. The predicted octanol–water partition coefficient (Wildman–Crippen LogP) is 0.978. The molecule has 0 amide bonds. The summed E-state index contributed by atoms with van der Waals surface area (Å²) in [6.45, 7) is 3.47. The van der Waals surface area contributed by atoms with Crippen LogP contribution in [0.4, 0.5) is 0 Å². The van der Waals surface area contributed by atoms with Gasteiger partial charge in [-0.1, -0.05) is 30.3 Å². The number of nitrogens with one attached hydrogen (secondary N) is 1. The quantitative estimate of drug-likeness (QED) is 0.815. The second kappa shape index (κ2) is 6.52. The van der Waals surface area contributed by atoms with E-state index in [0.717, 1.165) is 26.1 Å². The van der Waals surface area contributed by atoms with Crippen molar-refractivity contribution in [2.75, 3.05) is 26.2 Å². The minimum absolute atomic E-state index is 0.227. The Morgan fingerprint density at radius 1 is 1.39 bits per heavy atom. The van der Waals surface area contributed by atoms with Crippen LogP contribution in [0.3, 0.4) is 0 Å². The van der Waals surface area contributed by atoms with Gasteiger partial charge >= 0.3 is 5.97 Å². The van der Waals surface area contributed by atoms with Gasteiger partial charge in [0.15, 0.2) is 0 Å². The average molecular weight is 248 g/mol. The van der Waals surface area contributed by atoms with Gasteiger partial charge in [-0.25, -0.2) is 0 Å². The Hall–Kier alpha value is -1.39. The summed E-state index contributed by atoms with van der Waals surface area (Å²) in [5, 5.41) is 12.2. The third-order valence-electron chi connectivity index (χ3n) is 3.40. The van der Waals surface area contributed by atoms with E-state index in [0.29, 0.717) is 12.6 Å². The van der Waals surface area contributed by atoms with E-state index in [4.69, 9.17) is 5.11 Å². The molecule has 1 aliphatic heterocycles. The second-order valence-corrected chi connectivity index (χ2v) is 4.73. The molecule has 1 heterocycles. The van der Waals surface area contributed by atoms with E-state index in [1.165, 1.54) is 5.56 Å². The molecule has 1 fully saturated rings. The first-order chi connectivity index (χ1) is 8.75. The predicted molar refractivity (Wildman–Crippen MR) is 70.6 cm³/mol. The Morgan fingerprint density at radius 2 is 2.17 bits per heavy atom. The molecule has 0 bridgehead atoms. The number of carboxylic acid groups (broad SMARTS) is 1. The van der Waals surface area contributed by atoms with Crippen molar-refractivity contribution in [3.63, 3.8) is 0 Å². The number of benzene rings is 1. The Bertz CT molecular complexity index is 381. The van der Waals surface area contributed by atoms with E-state index in [9.17, 15) is 4.79 Å². The zero-order valence-electron chi connectivity index (χ0n) is 10.5. The normalized spacial score (nSPS) is 20.8. The van der Waals surface area contributed by atoms with Crippen LogP contribution in [-0.4, -0.2) is 48.2 Å². The summed E-state index contributed by atoms with van der Waals surface area (Å²) in [4.78, 5) is 13.0. The summed E-state index contributed by atoms with van der Waals surface area (Å²) in [5.41, 5.74) is 1.31. The summed E-state index contributed by atoms with van der Waals surface area (Å²) >= 11 is 0. The Kier molecular flexibility index (Phi) is 4.73. The number of carboxylic acids is 1. The molecule has 1 aromatic rings. The summed E-state index contributed by atoms with van der Waals surface area (Å²) in [5.74, 6) is -0.716. The smallest absolute Gasteiger partial charge is 0.304 e. The van der Waals surface area contributed by atoms with Gasteiger partial charge in [0.05, 0.1) is 6.42 Å². The van der Waals surface area contributed by atoms with E-state index in [-0.39, 0.29) is 6.42 Å². The van der Waals surface area contributed by atoms with Gasteiger partial charge in [0.2, 0.25) is 0 Å². The number of hydrogen-bond donors (Lipinski definition) is 2. The van der Waals surface area contributed by atoms with Crippen molar-refractivity contribution in [3.8, 4) is 0 Å². The van der Waals surface area contributed by atoms with Crippen LogP contribution in [0.5, 0.6) is 0 Å². The molecule has 0 spiro atoms. The molecular formula is C14H20N2O2. The van der Waals surface area contributed by atoms with Gasteiger partial charge in [0.1, 0.15) is 0 Å². The van der Waals surface area contributed by atoms with Gasteiger partial charge in [-0.2, -0.15) is 0 Å². The summed E-state index contributed by atoms with van der Waals surface area (Å²) in [6, 6.07) is 10.8. The fourth-order valence-corrected chi connectivity index (χ4v) is 2.42. The van der Waals surface area contributed by atoms with Crippen molar-refractivity contribution < 1.29 is 9.90 Å². The zero-order chi connectivity index (χ0) is 12.8. The minimum Gasteiger partial charge on any atom is -0.481 e. The molecule has 0 saturated carbocycles. The molecule has 1 atom stereocenters. The Morgan fingerprint density at radius 3 is 2.89 bits per heavy atom. The van der Waals surface area contributed by atoms with Crippen molar-refractivity contribution in [1.29, 1.82) is 0 Å². The number of piperazine rings is 1. The van der Waals surface area contributed by atoms with Gasteiger partial charge in [-0.3, -0.25) is 9.69 Å². The molecule has 1 saturated heterocycles. The molecule has 0 aliphatic carbocycles. The molecule has 4 nitrogen and oxygen atoms in total. The van der Waals surface area contributed by atoms with Crippen LogP contribution in [0, 0.1) is 0 Å². The minimum atomic E-state index is -0.716. The lowest BCUT2D eigenvalue weighted by atomic mass is 10.0. The Balaban J connectivity index is 1.93. The topological polar surface area (TPSA) is 52.6 Å². The van der Waals surface area contributed by atoms with Crippen molar-refractivity contribution >= 4 is 5.97 Å². The van der Waals surface area contributed by atoms with Crippen molar-refractivity contribution in [1.82, 2.24) is 10.2 Å². The Labute approximate surface area is 108 Å². The van der Waals surface area contributed by atoms with Crippen LogP contribution >= 0.6 is 0 Å². The molecule has 0 aromatic heterocycles. The standard InChI is InChI=1S/C14H20N2O2/c17-14(18)6-8-16-9-7-15-11-13(16)10-12-4-2-1-3-5-12/h1-5,13,15H,6-11H2,(H,17,18)/t13-/m0/s1. The fourth-order valence-electron chi connectivity index (χ4n) is 2.42. The first-order valence-corrected chi connectivity index (χ1v) is 6.46. The first-order valence-electron chi connectivity index (χ1n) is 6.46. The SMILES string of the molecule is O=C(O)CCN1CCNC[C@@H]1Cc1ccccc1.